The molecule has 0 aromatic carbocycles. The lowest BCUT2D eigenvalue weighted by Crippen LogP contribution is -2.52. The first-order valence-corrected chi connectivity index (χ1v) is 11.7. The van der Waals surface area contributed by atoms with E-state index in [1.165, 1.54) is 25.7 Å². The van der Waals surface area contributed by atoms with Crippen LogP contribution < -0.4 is 0 Å². The number of hydrogen-bond donors (Lipinski definition) is 4. The minimum Gasteiger partial charge on any atom is -0.481 e. The minimum atomic E-state index is -2.74. The predicted molar refractivity (Wildman–Crippen MR) is 118 cm³/mol. The van der Waals surface area contributed by atoms with E-state index >= 15 is 0 Å². The van der Waals surface area contributed by atoms with Crippen molar-refractivity contribution < 1.29 is 44.3 Å². The van der Waals surface area contributed by atoms with Gasteiger partial charge in [-0.15, -0.1) is 0 Å². The summed E-state index contributed by atoms with van der Waals surface area (Å²) in [7, 11) is 0. The van der Waals surface area contributed by atoms with Crippen LogP contribution in [0.2, 0.25) is 0 Å². The number of hydrogen-bond acceptors (Lipinski definition) is 7. The van der Waals surface area contributed by atoms with Crippen molar-refractivity contribution in [2.45, 2.75) is 58.0 Å². The second-order valence-corrected chi connectivity index (χ2v) is 10.0. The number of fused-ring (bicyclic) bond motifs is 2. The molecule has 10 heteroatoms. The van der Waals surface area contributed by atoms with Crippen molar-refractivity contribution in [1.82, 2.24) is 4.90 Å². The van der Waals surface area contributed by atoms with Crippen LogP contribution in [0.3, 0.4) is 0 Å². The van der Waals surface area contributed by atoms with E-state index in [1.807, 2.05) is 0 Å². The van der Waals surface area contributed by atoms with Gasteiger partial charge in [0.1, 0.15) is 0 Å². The van der Waals surface area contributed by atoms with Crippen LogP contribution in [0.4, 0.5) is 0 Å². The molecule has 2 bridgehead atoms. The Morgan fingerprint density at radius 1 is 1.03 bits per heavy atom. The number of aliphatic carboxylic acids is 3. The molecule has 0 radical (unpaired) electrons. The average molecular weight is 474 g/mol. The smallest absolute Gasteiger partial charge is 0.336 e. The van der Waals surface area contributed by atoms with Crippen molar-refractivity contribution >= 4 is 17.9 Å². The Balaban J connectivity index is 0.000000260. The van der Waals surface area contributed by atoms with Gasteiger partial charge >= 0.3 is 17.9 Å². The Kier molecular flexibility index (Phi) is 10.1. The zero-order chi connectivity index (χ0) is 24.6. The number of rotatable bonds is 11. The highest BCUT2D eigenvalue weighted by Crippen LogP contribution is 2.61. The van der Waals surface area contributed by atoms with Crippen LogP contribution in [0.25, 0.3) is 0 Å². The lowest BCUT2D eigenvalue weighted by molar-refractivity contribution is -0.170. The van der Waals surface area contributed by atoms with Gasteiger partial charge in [-0.05, 0) is 48.9 Å². The summed E-state index contributed by atoms with van der Waals surface area (Å²) in [6.07, 6.45) is 3.40. The van der Waals surface area contributed by atoms with Crippen LogP contribution in [0, 0.1) is 23.2 Å². The molecule has 4 fully saturated rings. The van der Waals surface area contributed by atoms with Gasteiger partial charge in [0.2, 0.25) is 0 Å². The van der Waals surface area contributed by atoms with E-state index in [0.29, 0.717) is 5.41 Å². The Morgan fingerprint density at radius 2 is 1.64 bits per heavy atom. The second kappa shape index (κ2) is 12.1. The highest BCUT2D eigenvalue weighted by molar-refractivity contribution is 5.88. The molecule has 4 N–H and O–H groups in total. The third-order valence-corrected chi connectivity index (χ3v) is 7.58. The van der Waals surface area contributed by atoms with Gasteiger partial charge in [-0.2, -0.15) is 0 Å². The summed E-state index contributed by atoms with van der Waals surface area (Å²) in [5.41, 5.74) is -2.12. The van der Waals surface area contributed by atoms with E-state index < -0.39 is 36.4 Å². The van der Waals surface area contributed by atoms with E-state index in [0.717, 1.165) is 63.8 Å². The minimum absolute atomic E-state index is 0.622. The summed E-state index contributed by atoms with van der Waals surface area (Å²) in [5.74, 6) is -2.09. The number of aliphatic hydroxyl groups is 1. The fourth-order valence-corrected chi connectivity index (χ4v) is 5.38. The number of morpholine rings is 1. The van der Waals surface area contributed by atoms with E-state index in [9.17, 15) is 14.4 Å². The van der Waals surface area contributed by atoms with Gasteiger partial charge in [-0.1, -0.05) is 13.8 Å². The normalized spacial score (nSPS) is 26.5. The summed E-state index contributed by atoms with van der Waals surface area (Å²) in [6, 6.07) is 0. The number of nitrogens with zero attached hydrogens (tertiary/aromatic N) is 1. The van der Waals surface area contributed by atoms with Gasteiger partial charge in [-0.3, -0.25) is 14.5 Å². The molecule has 3 atom stereocenters. The Hall–Kier alpha value is -1.75. The van der Waals surface area contributed by atoms with E-state index in [-0.39, 0.29) is 0 Å². The average Bonchev–Trinajstić information content (AvgIpc) is 2.73. The maximum atomic E-state index is 10.3. The zero-order valence-corrected chi connectivity index (χ0v) is 19.7. The first-order chi connectivity index (χ1) is 15.5. The third-order valence-electron chi connectivity index (χ3n) is 7.58. The first kappa shape index (κ1) is 27.5. The Bertz CT molecular complexity index is 657. The Morgan fingerprint density at radius 3 is 2.12 bits per heavy atom. The van der Waals surface area contributed by atoms with Crippen LogP contribution in [0.15, 0.2) is 0 Å². The van der Waals surface area contributed by atoms with Crippen LogP contribution >= 0.6 is 0 Å². The summed E-state index contributed by atoms with van der Waals surface area (Å²) in [4.78, 5) is 32.9. The van der Waals surface area contributed by atoms with Crippen LogP contribution in [-0.2, 0) is 23.9 Å². The van der Waals surface area contributed by atoms with Gasteiger partial charge in [0.25, 0.3) is 0 Å². The molecule has 3 unspecified atom stereocenters. The summed E-state index contributed by atoms with van der Waals surface area (Å²) < 4.78 is 11.3. The van der Waals surface area contributed by atoms with Gasteiger partial charge in [0.15, 0.2) is 5.60 Å². The van der Waals surface area contributed by atoms with E-state index in [2.05, 4.69) is 18.7 Å². The molecular formula is C23H39NO9. The molecule has 0 spiro atoms. The first-order valence-electron chi connectivity index (χ1n) is 11.7. The summed E-state index contributed by atoms with van der Waals surface area (Å²) in [5, 5.41) is 33.8. The standard InChI is InChI=1S/C17H31NO2.C6H8O7/c1-17(2)15-4-3-14(16(17)13-15)5-9-19-10-6-18-7-11-20-12-8-18;7-3(8)1-6(13,5(11)12)2-4(9)10/h14-16H,3-13H2,1-2H3;13H,1-2H2,(H,7,8)(H,9,10)(H,11,12). The molecule has 4 aliphatic rings. The monoisotopic (exact) mass is 473 g/mol. The molecule has 33 heavy (non-hydrogen) atoms. The number of carboxylic acid groups (broad SMARTS) is 3. The number of carbonyl (C=O) groups is 3. The fourth-order valence-electron chi connectivity index (χ4n) is 5.38. The maximum absolute atomic E-state index is 10.3. The van der Waals surface area contributed by atoms with Gasteiger partial charge in [0, 0.05) is 26.2 Å². The zero-order valence-electron chi connectivity index (χ0n) is 19.7. The summed E-state index contributed by atoms with van der Waals surface area (Å²) in [6.45, 7) is 11.8. The largest absolute Gasteiger partial charge is 0.481 e. The molecule has 1 heterocycles. The van der Waals surface area contributed by atoms with E-state index in [1.54, 1.807) is 0 Å². The summed E-state index contributed by atoms with van der Waals surface area (Å²) >= 11 is 0. The molecular weight excluding hydrogens is 434 g/mol. The topological polar surface area (TPSA) is 154 Å². The van der Waals surface area contributed by atoms with Crippen molar-refractivity contribution in [2.24, 2.45) is 23.2 Å². The lowest BCUT2D eigenvalue weighted by atomic mass is 9.45. The molecule has 190 valence electrons. The molecule has 4 rings (SSSR count). The molecule has 0 amide bonds. The predicted octanol–water partition coefficient (Wildman–Crippen LogP) is 1.55. The molecule has 3 aliphatic carbocycles. The molecule has 10 nitrogen and oxygen atoms in total. The molecule has 0 aromatic heterocycles. The van der Waals surface area contributed by atoms with Crippen LogP contribution in [0.1, 0.15) is 52.4 Å². The third kappa shape index (κ3) is 7.91. The highest BCUT2D eigenvalue weighted by Gasteiger charge is 2.53. The number of carboxylic acids is 3. The highest BCUT2D eigenvalue weighted by atomic mass is 16.5. The molecule has 1 saturated heterocycles. The van der Waals surface area contributed by atoms with Crippen molar-refractivity contribution in [1.29, 1.82) is 0 Å². The van der Waals surface area contributed by atoms with Gasteiger partial charge in [-0.25, -0.2) is 4.79 Å². The second-order valence-electron chi connectivity index (χ2n) is 10.0. The van der Waals surface area contributed by atoms with Crippen molar-refractivity contribution in [3.8, 4) is 0 Å². The van der Waals surface area contributed by atoms with Crippen molar-refractivity contribution in [3.63, 3.8) is 0 Å². The van der Waals surface area contributed by atoms with Gasteiger partial charge < -0.3 is 29.9 Å². The maximum Gasteiger partial charge on any atom is 0.336 e. The quantitative estimate of drug-likeness (QED) is 0.325. The van der Waals surface area contributed by atoms with Gasteiger partial charge in [0.05, 0.1) is 32.7 Å². The lowest BCUT2D eigenvalue weighted by Gasteiger charge is -2.60. The van der Waals surface area contributed by atoms with Crippen molar-refractivity contribution in [3.05, 3.63) is 0 Å². The molecule has 3 saturated carbocycles. The Labute approximate surface area is 194 Å². The van der Waals surface area contributed by atoms with Crippen molar-refractivity contribution in [2.75, 3.05) is 46.1 Å². The number of ether oxygens (including phenoxy) is 2. The molecule has 1 aliphatic heterocycles. The van der Waals surface area contributed by atoms with Crippen LogP contribution in [0.5, 0.6) is 0 Å². The SMILES string of the molecule is CC1(C)C2CCC(CCOCCN3CCOCC3)C1C2.O=C(O)CC(O)(CC(=O)O)C(=O)O. The van der Waals surface area contributed by atoms with E-state index in [4.69, 9.17) is 29.9 Å². The van der Waals surface area contributed by atoms with Crippen LogP contribution in [-0.4, -0.2) is 94.9 Å². The molecule has 0 aromatic rings. The fraction of sp³-hybridized carbons (Fsp3) is 0.870.